The molecular weight excluding hydrogens is 533 g/mol. The van der Waals surface area contributed by atoms with Gasteiger partial charge in [-0.15, -0.1) is 0 Å². The Hall–Kier alpha value is -3.44. The molecule has 2 fully saturated rings. The molecule has 0 N–H and O–H groups in total. The van der Waals surface area contributed by atoms with Crippen LogP contribution in [0.25, 0.3) is 22.2 Å². The summed E-state index contributed by atoms with van der Waals surface area (Å²) in [5, 5.41) is 4.12. The van der Waals surface area contributed by atoms with Crippen molar-refractivity contribution in [3.63, 3.8) is 0 Å². The van der Waals surface area contributed by atoms with E-state index in [-0.39, 0.29) is 17.8 Å². The lowest BCUT2D eigenvalue weighted by Crippen LogP contribution is -2.39. The van der Waals surface area contributed by atoms with Crippen molar-refractivity contribution in [1.82, 2.24) is 19.0 Å². The summed E-state index contributed by atoms with van der Waals surface area (Å²) in [7, 11) is -1.78. The predicted octanol–water partition coefficient (Wildman–Crippen LogP) is 5.39. The fraction of sp³-hybridized carbons (Fsp3) is 0.448. The molecule has 0 spiro atoms. The van der Waals surface area contributed by atoms with E-state index in [2.05, 4.69) is 32.8 Å². The Kier molecular flexibility index (Phi) is 6.82. The maximum atomic E-state index is 14.7. The van der Waals surface area contributed by atoms with Crippen molar-refractivity contribution in [2.24, 2.45) is 0 Å². The summed E-state index contributed by atoms with van der Waals surface area (Å²) in [6.45, 7) is 5.57. The van der Waals surface area contributed by atoms with E-state index in [9.17, 15) is 12.8 Å². The van der Waals surface area contributed by atoms with Gasteiger partial charge in [0.1, 0.15) is 11.6 Å². The first kappa shape index (κ1) is 26.8. The third-order valence-corrected chi connectivity index (χ3v) is 9.62. The molecule has 2 aromatic heterocycles. The molecule has 2 aromatic carbocycles. The highest BCUT2D eigenvalue weighted by Gasteiger charge is 2.35. The fourth-order valence-corrected chi connectivity index (χ4v) is 7.27. The second-order valence-corrected chi connectivity index (χ2v) is 12.8. The van der Waals surface area contributed by atoms with Crippen LogP contribution in [0.4, 0.5) is 10.1 Å². The van der Waals surface area contributed by atoms with Gasteiger partial charge in [0, 0.05) is 43.0 Å². The lowest BCUT2D eigenvalue weighted by Gasteiger charge is -2.34. The summed E-state index contributed by atoms with van der Waals surface area (Å²) in [6.07, 6.45) is 4.50. The quantitative estimate of drug-likeness (QED) is 0.308. The number of benzene rings is 2. The standard InChI is InChI=1S/C29H34FN5O4S/c1-18-28(19(2)39-32-18)20-7-9-25-24(16-20)31-29(35(25)21-11-14-33(15-12-21)40(4,36)37)26-6-5-13-34(26)22-8-10-27(38-3)23(30)17-22/h7-10,16-17,21,26H,5-6,11-15H2,1-4H3/t26-/m0/s1. The molecule has 11 heteroatoms. The summed E-state index contributed by atoms with van der Waals surface area (Å²) in [5.74, 6) is 1.51. The van der Waals surface area contributed by atoms with E-state index in [4.69, 9.17) is 14.2 Å². The Labute approximate surface area is 233 Å². The smallest absolute Gasteiger partial charge is 0.211 e. The van der Waals surface area contributed by atoms with Gasteiger partial charge in [0.25, 0.3) is 0 Å². The largest absolute Gasteiger partial charge is 0.494 e. The molecule has 6 rings (SSSR count). The van der Waals surface area contributed by atoms with Crippen molar-refractivity contribution in [2.45, 2.75) is 51.6 Å². The third kappa shape index (κ3) is 4.64. The van der Waals surface area contributed by atoms with Crippen LogP contribution in [-0.4, -0.2) is 60.4 Å². The maximum Gasteiger partial charge on any atom is 0.211 e. The first-order valence-corrected chi connectivity index (χ1v) is 15.5. The van der Waals surface area contributed by atoms with E-state index < -0.39 is 15.8 Å². The number of fused-ring (bicyclic) bond motifs is 1. The number of hydrogen-bond donors (Lipinski definition) is 0. The number of anilines is 1. The van der Waals surface area contributed by atoms with Gasteiger partial charge in [-0.25, -0.2) is 22.1 Å². The van der Waals surface area contributed by atoms with Crippen molar-refractivity contribution in [2.75, 3.05) is 37.9 Å². The highest BCUT2D eigenvalue weighted by Crippen LogP contribution is 2.41. The molecule has 212 valence electrons. The van der Waals surface area contributed by atoms with E-state index in [0.29, 0.717) is 25.9 Å². The van der Waals surface area contributed by atoms with Crippen LogP contribution in [0, 0.1) is 19.7 Å². The first-order valence-electron chi connectivity index (χ1n) is 13.7. The number of methoxy groups -OCH3 is 1. The zero-order chi connectivity index (χ0) is 28.2. The number of rotatable bonds is 6. The van der Waals surface area contributed by atoms with E-state index in [1.807, 2.05) is 19.9 Å². The number of aromatic nitrogens is 3. The number of aryl methyl sites for hydroxylation is 2. The van der Waals surface area contributed by atoms with Crippen LogP contribution in [-0.2, 0) is 10.0 Å². The van der Waals surface area contributed by atoms with E-state index in [1.54, 1.807) is 10.4 Å². The average Bonchev–Trinajstić information content (AvgIpc) is 3.64. The number of ether oxygens (including phenoxy) is 1. The second kappa shape index (κ2) is 10.2. The lowest BCUT2D eigenvalue weighted by molar-refractivity contribution is 0.273. The highest BCUT2D eigenvalue weighted by molar-refractivity contribution is 7.88. The normalized spacial score (nSPS) is 19.1. The lowest BCUT2D eigenvalue weighted by atomic mass is 10.0. The Morgan fingerprint density at radius 3 is 2.48 bits per heavy atom. The van der Waals surface area contributed by atoms with Gasteiger partial charge < -0.3 is 18.7 Å². The number of imidazole rings is 1. The molecule has 1 atom stereocenters. The minimum Gasteiger partial charge on any atom is -0.494 e. The van der Waals surface area contributed by atoms with Gasteiger partial charge in [-0.3, -0.25) is 0 Å². The topological polar surface area (TPSA) is 93.7 Å². The highest BCUT2D eigenvalue weighted by atomic mass is 32.2. The van der Waals surface area contributed by atoms with Crippen LogP contribution in [0.15, 0.2) is 40.9 Å². The zero-order valence-electron chi connectivity index (χ0n) is 23.2. The van der Waals surface area contributed by atoms with Crippen molar-refractivity contribution < 1.29 is 22.1 Å². The molecule has 4 heterocycles. The molecule has 9 nitrogen and oxygen atoms in total. The van der Waals surface area contributed by atoms with E-state index in [1.165, 1.54) is 19.4 Å². The van der Waals surface area contributed by atoms with E-state index in [0.717, 1.165) is 64.5 Å². The summed E-state index contributed by atoms with van der Waals surface area (Å²) in [4.78, 5) is 7.44. The molecule has 0 saturated carbocycles. The number of sulfonamides is 1. The molecular formula is C29H34FN5O4S. The Balaban J connectivity index is 1.45. The monoisotopic (exact) mass is 567 g/mol. The number of piperidine rings is 1. The summed E-state index contributed by atoms with van der Waals surface area (Å²) >= 11 is 0. The van der Waals surface area contributed by atoms with Crippen LogP contribution in [0.3, 0.4) is 0 Å². The molecule has 0 radical (unpaired) electrons. The molecule has 2 aliphatic heterocycles. The second-order valence-electron chi connectivity index (χ2n) is 10.8. The van der Waals surface area contributed by atoms with Gasteiger partial charge in [-0.05, 0) is 69.4 Å². The molecule has 2 aliphatic rings. The third-order valence-electron chi connectivity index (χ3n) is 8.31. The summed E-state index contributed by atoms with van der Waals surface area (Å²) in [6, 6.07) is 11.4. The predicted molar refractivity (Wildman–Crippen MR) is 152 cm³/mol. The Morgan fingerprint density at radius 1 is 1.05 bits per heavy atom. The van der Waals surface area contributed by atoms with E-state index >= 15 is 0 Å². The van der Waals surface area contributed by atoms with Gasteiger partial charge >= 0.3 is 0 Å². The minimum absolute atomic E-state index is 0.0457. The molecule has 40 heavy (non-hydrogen) atoms. The molecule has 2 saturated heterocycles. The molecule has 4 aromatic rings. The minimum atomic E-state index is -3.24. The summed E-state index contributed by atoms with van der Waals surface area (Å²) < 4.78 is 53.5. The van der Waals surface area contributed by atoms with Crippen LogP contribution >= 0.6 is 0 Å². The molecule has 0 unspecified atom stereocenters. The molecule has 0 aliphatic carbocycles. The number of halogens is 1. The Morgan fingerprint density at radius 2 is 1.82 bits per heavy atom. The zero-order valence-corrected chi connectivity index (χ0v) is 24.0. The van der Waals surface area contributed by atoms with Crippen LogP contribution < -0.4 is 9.64 Å². The fourth-order valence-electron chi connectivity index (χ4n) is 6.40. The van der Waals surface area contributed by atoms with Crippen molar-refractivity contribution >= 4 is 26.7 Å². The van der Waals surface area contributed by atoms with Crippen molar-refractivity contribution in [3.05, 3.63) is 59.5 Å². The van der Waals surface area contributed by atoms with Gasteiger partial charge in [0.2, 0.25) is 10.0 Å². The Bertz CT molecular complexity index is 1650. The molecule has 0 bridgehead atoms. The summed E-state index contributed by atoms with van der Waals surface area (Å²) in [5.41, 5.74) is 5.46. The van der Waals surface area contributed by atoms with Gasteiger partial charge in [0.15, 0.2) is 11.6 Å². The van der Waals surface area contributed by atoms with Crippen molar-refractivity contribution in [1.29, 1.82) is 0 Å². The van der Waals surface area contributed by atoms with Gasteiger partial charge in [-0.2, -0.15) is 0 Å². The average molecular weight is 568 g/mol. The maximum absolute atomic E-state index is 14.7. The van der Waals surface area contributed by atoms with Gasteiger partial charge in [0.05, 0.1) is 36.1 Å². The van der Waals surface area contributed by atoms with Crippen molar-refractivity contribution in [3.8, 4) is 16.9 Å². The van der Waals surface area contributed by atoms with Crippen LogP contribution in [0.2, 0.25) is 0 Å². The number of nitrogens with zero attached hydrogens (tertiary/aromatic N) is 5. The van der Waals surface area contributed by atoms with Gasteiger partial charge in [-0.1, -0.05) is 11.2 Å². The van der Waals surface area contributed by atoms with Crippen LogP contribution in [0.5, 0.6) is 5.75 Å². The number of hydrogen-bond acceptors (Lipinski definition) is 7. The first-order chi connectivity index (χ1) is 19.2. The SMILES string of the molecule is COc1ccc(N2CCC[C@H]2c2nc3cc(-c4c(C)noc4C)ccc3n2C2CCN(S(C)(=O)=O)CC2)cc1F. The van der Waals surface area contributed by atoms with Crippen LogP contribution in [0.1, 0.15) is 55.0 Å². The molecule has 0 amide bonds.